The molecule has 44 heavy (non-hydrogen) atoms. The summed E-state index contributed by atoms with van der Waals surface area (Å²) in [6.07, 6.45) is 0.759. The van der Waals surface area contributed by atoms with Crippen LogP contribution in [0.3, 0.4) is 0 Å². The molecule has 1 atom stereocenters. The van der Waals surface area contributed by atoms with Crippen molar-refractivity contribution in [2.75, 3.05) is 7.11 Å². The van der Waals surface area contributed by atoms with Gasteiger partial charge in [0.25, 0.3) is 5.56 Å². The standard InChI is InChI=1S/C36H36N6O2/c1-25-20-26(2)31-22-32(36(43)37-33(31)21-25)34(35-38-39-40-42(35)19-18-27-10-6-4-7-11-27)41(23-28-12-8-5-9-13-28)24-29-14-16-30(44-3)17-15-29/h4-17,20-22,34H,18-19,23-24H2,1-3H3,(H,37,43)/t34-/m1/s1. The molecule has 0 saturated carbocycles. The van der Waals surface area contributed by atoms with Crippen molar-refractivity contribution in [1.29, 1.82) is 0 Å². The highest BCUT2D eigenvalue weighted by molar-refractivity contribution is 5.83. The lowest BCUT2D eigenvalue weighted by atomic mass is 9.99. The Morgan fingerprint density at radius 2 is 1.50 bits per heavy atom. The molecule has 2 heterocycles. The first kappa shape index (κ1) is 29.0. The van der Waals surface area contributed by atoms with Crippen LogP contribution >= 0.6 is 0 Å². The van der Waals surface area contributed by atoms with Gasteiger partial charge in [0, 0.05) is 36.1 Å². The van der Waals surface area contributed by atoms with Crippen molar-refractivity contribution in [3.63, 3.8) is 0 Å². The van der Waals surface area contributed by atoms with E-state index in [-0.39, 0.29) is 5.56 Å². The van der Waals surface area contributed by atoms with Crippen LogP contribution in [0.15, 0.2) is 108 Å². The van der Waals surface area contributed by atoms with Gasteiger partial charge in [-0.25, -0.2) is 4.68 Å². The number of aromatic amines is 1. The largest absolute Gasteiger partial charge is 0.497 e. The van der Waals surface area contributed by atoms with Crippen LogP contribution in [-0.2, 0) is 26.1 Å². The molecule has 8 heteroatoms. The first-order valence-electron chi connectivity index (χ1n) is 14.8. The molecule has 0 aliphatic rings. The van der Waals surface area contributed by atoms with Crippen LogP contribution in [0.5, 0.6) is 5.75 Å². The number of benzene rings is 4. The van der Waals surface area contributed by atoms with Crippen LogP contribution in [0.25, 0.3) is 10.9 Å². The van der Waals surface area contributed by atoms with E-state index in [1.165, 1.54) is 5.56 Å². The zero-order valence-corrected chi connectivity index (χ0v) is 25.3. The summed E-state index contributed by atoms with van der Waals surface area (Å²) in [4.78, 5) is 19.5. The SMILES string of the molecule is COc1ccc(CN(Cc2ccccc2)[C@H](c2cc3c(C)cc(C)cc3[nH]c2=O)c2nnnn2CCc2ccccc2)cc1. The van der Waals surface area contributed by atoms with E-state index in [4.69, 9.17) is 4.74 Å². The fourth-order valence-corrected chi connectivity index (χ4v) is 5.86. The van der Waals surface area contributed by atoms with Crippen molar-refractivity contribution in [2.24, 2.45) is 0 Å². The van der Waals surface area contributed by atoms with Crippen LogP contribution < -0.4 is 10.3 Å². The fraction of sp³-hybridized carbons (Fsp3) is 0.222. The van der Waals surface area contributed by atoms with Gasteiger partial charge in [-0.3, -0.25) is 9.69 Å². The van der Waals surface area contributed by atoms with Gasteiger partial charge in [-0.15, -0.1) is 5.10 Å². The number of fused-ring (bicyclic) bond motifs is 1. The minimum absolute atomic E-state index is 0.155. The predicted molar refractivity (Wildman–Crippen MR) is 173 cm³/mol. The van der Waals surface area contributed by atoms with Crippen molar-refractivity contribution < 1.29 is 4.74 Å². The highest BCUT2D eigenvalue weighted by Crippen LogP contribution is 2.31. The molecule has 0 fully saturated rings. The first-order chi connectivity index (χ1) is 21.5. The van der Waals surface area contributed by atoms with E-state index in [1.54, 1.807) is 7.11 Å². The van der Waals surface area contributed by atoms with Crippen molar-refractivity contribution >= 4 is 10.9 Å². The molecule has 2 aromatic heterocycles. The van der Waals surface area contributed by atoms with Gasteiger partial charge in [0.1, 0.15) is 11.8 Å². The molecule has 0 amide bonds. The highest BCUT2D eigenvalue weighted by Gasteiger charge is 2.31. The number of rotatable bonds is 11. The van der Waals surface area contributed by atoms with Gasteiger partial charge in [0.15, 0.2) is 5.82 Å². The molecule has 6 rings (SSSR count). The molecule has 0 saturated heterocycles. The molecule has 8 nitrogen and oxygen atoms in total. The summed E-state index contributed by atoms with van der Waals surface area (Å²) in [6, 6.07) is 34.3. The third kappa shape index (κ3) is 6.45. The molecule has 6 aromatic rings. The number of H-pyrrole nitrogens is 1. The second-order valence-electron chi connectivity index (χ2n) is 11.2. The number of hydrogen-bond donors (Lipinski definition) is 1. The molecular formula is C36H36N6O2. The molecular weight excluding hydrogens is 548 g/mol. The number of aromatic nitrogens is 5. The maximum atomic E-state index is 14.0. The van der Waals surface area contributed by atoms with Crippen LogP contribution in [0.1, 0.15) is 45.2 Å². The van der Waals surface area contributed by atoms with E-state index in [0.29, 0.717) is 31.0 Å². The molecule has 0 unspecified atom stereocenters. The Kier molecular flexibility index (Phi) is 8.61. The van der Waals surface area contributed by atoms with Gasteiger partial charge >= 0.3 is 0 Å². The topological polar surface area (TPSA) is 88.9 Å². The first-order valence-corrected chi connectivity index (χ1v) is 14.8. The second-order valence-corrected chi connectivity index (χ2v) is 11.2. The van der Waals surface area contributed by atoms with Crippen LogP contribution in [0.4, 0.5) is 0 Å². The maximum Gasteiger partial charge on any atom is 0.253 e. The van der Waals surface area contributed by atoms with E-state index in [1.807, 2.05) is 72.3 Å². The predicted octanol–water partition coefficient (Wildman–Crippen LogP) is 6.17. The van der Waals surface area contributed by atoms with E-state index in [2.05, 4.69) is 74.8 Å². The lowest BCUT2D eigenvalue weighted by Gasteiger charge is -2.31. The molecule has 0 aliphatic heterocycles. The van der Waals surface area contributed by atoms with Gasteiger partial charge < -0.3 is 9.72 Å². The molecule has 0 aliphatic carbocycles. The van der Waals surface area contributed by atoms with Crippen LogP contribution in [0, 0.1) is 13.8 Å². The summed E-state index contributed by atoms with van der Waals surface area (Å²) in [5.74, 6) is 1.42. The zero-order chi connectivity index (χ0) is 30.5. The van der Waals surface area contributed by atoms with Crippen molar-refractivity contribution in [2.45, 2.75) is 45.9 Å². The van der Waals surface area contributed by atoms with Crippen LogP contribution in [0.2, 0.25) is 0 Å². The van der Waals surface area contributed by atoms with E-state index in [9.17, 15) is 4.79 Å². The van der Waals surface area contributed by atoms with E-state index < -0.39 is 6.04 Å². The molecule has 1 N–H and O–H groups in total. The summed E-state index contributed by atoms with van der Waals surface area (Å²) in [5, 5.41) is 14.1. The Bertz CT molecular complexity index is 1900. The van der Waals surface area contributed by atoms with E-state index >= 15 is 0 Å². The molecule has 0 bridgehead atoms. The van der Waals surface area contributed by atoms with Gasteiger partial charge in [-0.1, -0.05) is 78.9 Å². The lowest BCUT2D eigenvalue weighted by Crippen LogP contribution is -2.35. The maximum absolute atomic E-state index is 14.0. The summed E-state index contributed by atoms with van der Waals surface area (Å²) in [7, 11) is 1.66. The van der Waals surface area contributed by atoms with Crippen LogP contribution in [-0.4, -0.2) is 37.2 Å². The van der Waals surface area contributed by atoms with Crippen molar-refractivity contribution in [1.82, 2.24) is 30.1 Å². The summed E-state index contributed by atoms with van der Waals surface area (Å²) >= 11 is 0. The summed E-state index contributed by atoms with van der Waals surface area (Å²) in [5.41, 5.74) is 6.87. The monoisotopic (exact) mass is 584 g/mol. The Hall–Kier alpha value is -5.08. The Morgan fingerprint density at radius 1 is 0.841 bits per heavy atom. The second kappa shape index (κ2) is 13.1. The van der Waals surface area contributed by atoms with Crippen molar-refractivity contribution in [3.05, 3.63) is 153 Å². The molecule has 4 aromatic carbocycles. The quantitative estimate of drug-likeness (QED) is 0.196. The average Bonchev–Trinajstić information content (AvgIpc) is 3.50. The number of hydrogen-bond acceptors (Lipinski definition) is 6. The summed E-state index contributed by atoms with van der Waals surface area (Å²) in [6.45, 7) is 5.83. The normalized spacial score (nSPS) is 12.1. The molecule has 0 radical (unpaired) electrons. The number of pyridine rings is 1. The third-order valence-corrected chi connectivity index (χ3v) is 8.03. The average molecular weight is 585 g/mol. The minimum atomic E-state index is -0.531. The fourth-order valence-electron chi connectivity index (χ4n) is 5.86. The number of ether oxygens (including phenoxy) is 1. The highest BCUT2D eigenvalue weighted by atomic mass is 16.5. The lowest BCUT2D eigenvalue weighted by molar-refractivity contribution is 0.193. The van der Waals surface area contributed by atoms with Crippen molar-refractivity contribution in [3.8, 4) is 5.75 Å². The smallest absolute Gasteiger partial charge is 0.253 e. The Balaban J connectivity index is 1.50. The number of nitrogens with one attached hydrogen (secondary N) is 1. The van der Waals surface area contributed by atoms with Gasteiger partial charge in [0.05, 0.1) is 7.11 Å². The number of aryl methyl sites for hydroxylation is 4. The number of tetrazole rings is 1. The van der Waals surface area contributed by atoms with Gasteiger partial charge in [0.2, 0.25) is 0 Å². The number of nitrogens with zero attached hydrogens (tertiary/aromatic N) is 5. The number of methoxy groups -OCH3 is 1. The van der Waals surface area contributed by atoms with Gasteiger partial charge in [-0.2, -0.15) is 0 Å². The third-order valence-electron chi connectivity index (χ3n) is 8.03. The Morgan fingerprint density at radius 3 is 2.18 bits per heavy atom. The van der Waals surface area contributed by atoms with Gasteiger partial charge in [-0.05, 0) is 82.8 Å². The zero-order valence-electron chi connectivity index (χ0n) is 25.3. The summed E-state index contributed by atoms with van der Waals surface area (Å²) < 4.78 is 7.25. The molecule has 222 valence electrons. The van der Waals surface area contributed by atoms with E-state index in [0.717, 1.165) is 45.3 Å². The molecule has 0 spiro atoms. The minimum Gasteiger partial charge on any atom is -0.497 e. The Labute approximate surface area is 256 Å².